The predicted octanol–water partition coefficient (Wildman–Crippen LogP) is 6.39. The third kappa shape index (κ3) is 12.5. The molecule has 276 valence electrons. The molecule has 0 bridgehead atoms. The maximum atomic E-state index is 13.1. The summed E-state index contributed by atoms with van der Waals surface area (Å²) in [4.78, 5) is 39.3. The van der Waals surface area contributed by atoms with Crippen LogP contribution in [-0.4, -0.2) is 93.2 Å². The van der Waals surface area contributed by atoms with Gasteiger partial charge in [0.15, 0.2) is 11.2 Å². The van der Waals surface area contributed by atoms with Crippen LogP contribution in [0.5, 0.6) is 11.6 Å². The van der Waals surface area contributed by atoms with Crippen molar-refractivity contribution in [3.05, 3.63) is 72.1 Å². The van der Waals surface area contributed by atoms with Crippen LogP contribution in [0.3, 0.4) is 0 Å². The third-order valence-corrected chi connectivity index (χ3v) is 10.4. The number of imidazole rings is 1. The van der Waals surface area contributed by atoms with E-state index in [9.17, 15) is 9.59 Å². The molecule has 0 aliphatic heterocycles. The summed E-state index contributed by atoms with van der Waals surface area (Å²) in [5, 5.41) is 2.85. The fourth-order valence-electron chi connectivity index (χ4n) is 4.46. The summed E-state index contributed by atoms with van der Waals surface area (Å²) < 4.78 is 29.8. The average Bonchev–Trinajstić information content (AvgIpc) is 3.50. The summed E-state index contributed by atoms with van der Waals surface area (Å²) in [5.74, 6) is 1.14. The Labute approximate surface area is 306 Å². The molecule has 0 saturated carbocycles. The summed E-state index contributed by atoms with van der Waals surface area (Å²) in [7, 11) is 4.99. The summed E-state index contributed by atoms with van der Waals surface area (Å²) in [6.07, 6.45) is 2.71. The second kappa shape index (κ2) is 19.3. The van der Waals surface area contributed by atoms with Crippen LogP contribution in [0.1, 0.15) is 45.2 Å². The van der Waals surface area contributed by atoms with Crippen molar-refractivity contribution in [1.29, 1.82) is 0 Å². The Morgan fingerprint density at radius 3 is 2.41 bits per heavy atom. The van der Waals surface area contributed by atoms with Crippen molar-refractivity contribution in [3.63, 3.8) is 0 Å². The summed E-state index contributed by atoms with van der Waals surface area (Å²) in [6, 6.07) is 16.6. The maximum absolute atomic E-state index is 13.1. The third-order valence-electron chi connectivity index (χ3n) is 7.55. The number of nitrogens with zero attached hydrogens (tertiary/aromatic N) is 6. The van der Waals surface area contributed by atoms with Gasteiger partial charge in [0.2, 0.25) is 17.7 Å². The lowest BCUT2D eigenvalue weighted by atomic mass is 9.97. The molecule has 0 aliphatic rings. The van der Waals surface area contributed by atoms with E-state index in [0.29, 0.717) is 36.7 Å². The van der Waals surface area contributed by atoms with E-state index >= 15 is 0 Å². The molecule has 2 aromatic heterocycles. The molecule has 2 atom stereocenters. The molecule has 2 unspecified atom stereocenters. The monoisotopic (exact) mass is 739 g/mol. The van der Waals surface area contributed by atoms with Crippen LogP contribution >= 0.6 is 20.2 Å². The van der Waals surface area contributed by atoms with Gasteiger partial charge in [0.1, 0.15) is 20.7 Å². The van der Waals surface area contributed by atoms with Crippen LogP contribution in [0.4, 0.5) is 5.95 Å². The molecule has 0 saturated heterocycles. The number of methoxy groups -OCH3 is 1. The van der Waals surface area contributed by atoms with Crippen molar-refractivity contribution in [2.24, 2.45) is 5.41 Å². The van der Waals surface area contributed by atoms with Crippen LogP contribution in [0.25, 0.3) is 11.2 Å². The highest BCUT2D eigenvalue weighted by Gasteiger charge is 2.24. The molecule has 13 nitrogen and oxygen atoms in total. The van der Waals surface area contributed by atoms with Crippen LogP contribution in [0.15, 0.2) is 60.9 Å². The van der Waals surface area contributed by atoms with E-state index in [-0.39, 0.29) is 42.8 Å². The Kier molecular flexibility index (Phi) is 15.2. The fourth-order valence-corrected chi connectivity index (χ4v) is 6.00. The molecule has 0 aliphatic carbocycles. The quantitative estimate of drug-likeness (QED) is 0.0495. The van der Waals surface area contributed by atoms with Crippen LogP contribution in [0, 0.1) is 5.41 Å². The highest BCUT2D eigenvalue weighted by Crippen LogP contribution is 2.34. The topological polar surface area (TPSA) is 133 Å². The van der Waals surface area contributed by atoms with E-state index in [1.807, 2.05) is 61.1 Å². The molecular weight excluding hydrogens is 689 g/mol. The van der Waals surface area contributed by atoms with Gasteiger partial charge in [-0.05, 0) is 71.2 Å². The van der Waals surface area contributed by atoms with Crippen molar-refractivity contribution < 1.29 is 28.3 Å². The van der Waals surface area contributed by atoms with Crippen molar-refractivity contribution >= 4 is 49.2 Å². The van der Waals surface area contributed by atoms with Gasteiger partial charge in [-0.3, -0.25) is 19.6 Å². The highest BCUT2D eigenvalue weighted by molar-refractivity contribution is 7.96. The zero-order valence-electron chi connectivity index (χ0n) is 30.8. The summed E-state index contributed by atoms with van der Waals surface area (Å²) in [6.45, 7) is 11.3. The number of aromatic nitrogens is 4. The highest BCUT2D eigenvalue weighted by atomic mass is 32.2. The Bertz CT molecular complexity index is 1700. The van der Waals surface area contributed by atoms with Crippen molar-refractivity contribution in [1.82, 2.24) is 28.5 Å². The first kappa shape index (κ1) is 40.1. The number of hydrogen-bond donors (Lipinski definition) is 1. The number of nitrogens with one attached hydrogen (secondary N) is 1. The Morgan fingerprint density at radius 1 is 1.04 bits per heavy atom. The minimum absolute atomic E-state index is 0.112. The molecular formula is C36H50N7O6PS. The molecule has 0 radical (unpaired) electrons. The Hall–Kier alpha value is -3.65. The lowest BCUT2D eigenvalue weighted by Gasteiger charge is -2.27. The van der Waals surface area contributed by atoms with E-state index in [2.05, 4.69) is 37.8 Å². The van der Waals surface area contributed by atoms with E-state index in [0.717, 1.165) is 23.3 Å². The molecule has 0 fully saturated rings. The number of ether oxygens (including phenoxy) is 3. The minimum Gasteiger partial charge on any atom is -0.471 e. The smallest absolute Gasteiger partial charge is 0.316 e. The molecule has 2 aromatic carbocycles. The number of carbonyl (C=O) groups excluding carboxylic acids is 2. The lowest BCUT2D eigenvalue weighted by molar-refractivity contribution is -0.143. The van der Waals surface area contributed by atoms with E-state index in [1.165, 1.54) is 0 Å². The van der Waals surface area contributed by atoms with Gasteiger partial charge in [-0.25, -0.2) is 9.29 Å². The van der Waals surface area contributed by atoms with Gasteiger partial charge >= 0.3 is 5.97 Å². The van der Waals surface area contributed by atoms with E-state index in [4.69, 9.17) is 23.7 Å². The summed E-state index contributed by atoms with van der Waals surface area (Å²) >= 11 is 1.71. The molecule has 4 rings (SSSR count). The zero-order valence-corrected chi connectivity index (χ0v) is 32.5. The molecule has 51 heavy (non-hydrogen) atoms. The molecule has 1 amide bonds. The van der Waals surface area contributed by atoms with Gasteiger partial charge in [0.25, 0.3) is 0 Å². The second-order valence-electron chi connectivity index (χ2n) is 13.1. The van der Waals surface area contributed by atoms with E-state index < -0.39 is 13.7 Å². The van der Waals surface area contributed by atoms with Crippen molar-refractivity contribution in [2.75, 3.05) is 52.1 Å². The van der Waals surface area contributed by atoms with Gasteiger partial charge in [0.05, 0.1) is 37.5 Å². The zero-order chi connectivity index (χ0) is 37.0. The number of hydrogen-bond acceptors (Lipinski definition) is 12. The Morgan fingerprint density at radius 2 is 1.76 bits per heavy atom. The SMILES string of the molecule is CCCSN(CC(COP(C)N(C)C)OC)Cn1cnc2c(OCc3ccc(OC(=O)C(C)(C)C)cc3)nc(NC(=O)Cc3ccccc3)nc21. The average molecular weight is 740 g/mol. The molecule has 4 aromatic rings. The Balaban J connectivity index is 1.58. The van der Waals surface area contributed by atoms with Crippen LogP contribution < -0.4 is 14.8 Å². The minimum atomic E-state index is -0.712. The summed E-state index contributed by atoms with van der Waals surface area (Å²) in [5.41, 5.74) is 2.05. The molecule has 15 heteroatoms. The fraction of sp³-hybridized carbons (Fsp3) is 0.472. The van der Waals surface area contributed by atoms with Crippen LogP contribution in [0.2, 0.25) is 0 Å². The van der Waals surface area contributed by atoms with Crippen molar-refractivity contribution in [2.45, 2.75) is 59.9 Å². The number of rotatable bonds is 19. The largest absolute Gasteiger partial charge is 0.471 e. The van der Waals surface area contributed by atoms with Gasteiger partial charge in [-0.15, -0.1) is 0 Å². The maximum Gasteiger partial charge on any atom is 0.316 e. The first-order valence-corrected chi connectivity index (χ1v) is 19.4. The molecule has 2 heterocycles. The normalized spacial score (nSPS) is 13.1. The second-order valence-corrected chi connectivity index (χ2v) is 16.3. The standard InChI is InChI=1S/C36H50N7O6PS/c1-9-19-51-43(21-29(46-7)23-48-50(8)41(5)6)25-42-24-37-31-32(42)39-35(38-30(44)20-26-13-11-10-12-14-26)40-33(31)47-22-27-15-17-28(18-16-27)49-34(45)36(2,3)4/h10-18,24,29H,9,19-23,25H2,1-8H3,(H,38,39,40,44). The number of amides is 1. The number of benzene rings is 2. The number of carbonyl (C=O) groups is 2. The first-order valence-electron chi connectivity index (χ1n) is 16.8. The predicted molar refractivity (Wildman–Crippen MR) is 203 cm³/mol. The molecule has 1 N–H and O–H groups in total. The number of fused-ring (bicyclic) bond motifs is 1. The lowest BCUT2D eigenvalue weighted by Crippen LogP contribution is -2.33. The van der Waals surface area contributed by atoms with E-state index in [1.54, 1.807) is 58.3 Å². The number of esters is 1. The van der Waals surface area contributed by atoms with Gasteiger partial charge < -0.3 is 23.3 Å². The number of anilines is 1. The van der Waals surface area contributed by atoms with Crippen LogP contribution in [-0.2, 0) is 38.5 Å². The molecule has 0 spiro atoms. The van der Waals surface area contributed by atoms with Gasteiger partial charge in [-0.2, -0.15) is 9.97 Å². The van der Waals surface area contributed by atoms with Gasteiger partial charge in [-0.1, -0.05) is 61.3 Å². The van der Waals surface area contributed by atoms with Crippen molar-refractivity contribution in [3.8, 4) is 11.6 Å². The van der Waals surface area contributed by atoms with Gasteiger partial charge in [0, 0.05) is 19.4 Å². The first-order chi connectivity index (χ1) is 24.4.